The van der Waals surface area contributed by atoms with Crippen LogP contribution in [0.15, 0.2) is 47.4 Å². The zero-order chi connectivity index (χ0) is 20.3. The number of carbonyl (C=O) groups is 1. The Morgan fingerprint density at radius 2 is 1.68 bits per heavy atom. The third-order valence-corrected chi connectivity index (χ3v) is 6.40. The van der Waals surface area contributed by atoms with Crippen LogP contribution in [0, 0.1) is 6.92 Å². The van der Waals surface area contributed by atoms with Gasteiger partial charge in [0.05, 0.1) is 4.90 Å². The highest BCUT2D eigenvalue weighted by atomic mass is 32.2. The summed E-state index contributed by atoms with van der Waals surface area (Å²) in [5.41, 5.74) is 2.78. The van der Waals surface area contributed by atoms with Gasteiger partial charge in [-0.05, 0) is 55.4 Å². The number of amides is 1. The largest absolute Gasteiger partial charge is 0.369 e. The van der Waals surface area contributed by atoms with Gasteiger partial charge in [0.1, 0.15) is 0 Å². The van der Waals surface area contributed by atoms with Crippen molar-refractivity contribution in [1.82, 2.24) is 4.90 Å². The number of hydrogen-bond acceptors (Lipinski definition) is 5. The molecule has 2 aromatic carbocycles. The SMILES string of the molecule is CCN1CCN(c2ccc(NC(=O)c3ccc(C)c(S(C)(=O)=O)c3)cc2)CC1. The lowest BCUT2D eigenvalue weighted by atomic mass is 10.1. The number of benzene rings is 2. The molecule has 0 radical (unpaired) electrons. The fourth-order valence-corrected chi connectivity index (χ4v) is 4.42. The van der Waals surface area contributed by atoms with Crippen LogP contribution in [0.1, 0.15) is 22.8 Å². The minimum absolute atomic E-state index is 0.182. The minimum Gasteiger partial charge on any atom is -0.369 e. The predicted molar refractivity (Wildman–Crippen MR) is 113 cm³/mol. The molecule has 1 heterocycles. The van der Waals surface area contributed by atoms with E-state index in [1.54, 1.807) is 19.1 Å². The second-order valence-electron chi connectivity index (χ2n) is 7.17. The molecule has 2 aromatic rings. The molecule has 0 aromatic heterocycles. The number of nitrogens with zero attached hydrogens (tertiary/aromatic N) is 2. The summed E-state index contributed by atoms with van der Waals surface area (Å²) in [4.78, 5) is 17.5. The number of rotatable bonds is 5. The molecule has 0 unspecified atom stereocenters. The number of sulfone groups is 1. The molecule has 1 aliphatic heterocycles. The molecular weight excluding hydrogens is 374 g/mol. The molecule has 1 amide bonds. The van der Waals surface area contributed by atoms with Crippen molar-refractivity contribution in [3.8, 4) is 0 Å². The van der Waals surface area contributed by atoms with Gasteiger partial charge >= 0.3 is 0 Å². The lowest BCUT2D eigenvalue weighted by molar-refractivity contribution is 0.102. The van der Waals surface area contributed by atoms with Gasteiger partial charge in [0.2, 0.25) is 0 Å². The van der Waals surface area contributed by atoms with E-state index in [0.29, 0.717) is 16.8 Å². The molecule has 0 spiro atoms. The van der Waals surface area contributed by atoms with Gasteiger partial charge in [-0.25, -0.2) is 8.42 Å². The van der Waals surface area contributed by atoms with Crippen molar-refractivity contribution in [2.75, 3.05) is 49.2 Å². The van der Waals surface area contributed by atoms with Crippen LogP contribution in [-0.4, -0.2) is 58.2 Å². The Morgan fingerprint density at radius 3 is 2.25 bits per heavy atom. The second-order valence-corrected chi connectivity index (χ2v) is 9.16. The standard InChI is InChI=1S/C21H27N3O3S/c1-4-23-11-13-24(14-12-23)19-9-7-18(8-10-19)22-21(25)17-6-5-16(2)20(15-17)28(3,26)27/h5-10,15H,4,11-14H2,1-3H3,(H,22,25). The first kappa shape index (κ1) is 20.4. The smallest absolute Gasteiger partial charge is 0.255 e. The van der Waals surface area contributed by atoms with Crippen LogP contribution in [0.5, 0.6) is 0 Å². The number of nitrogens with one attached hydrogen (secondary N) is 1. The molecule has 6 nitrogen and oxygen atoms in total. The quantitative estimate of drug-likeness (QED) is 0.834. The second kappa shape index (κ2) is 8.32. The Morgan fingerprint density at radius 1 is 1.04 bits per heavy atom. The van der Waals surface area contributed by atoms with Gasteiger partial charge in [-0.2, -0.15) is 0 Å². The molecule has 28 heavy (non-hydrogen) atoms. The highest BCUT2D eigenvalue weighted by Crippen LogP contribution is 2.21. The molecule has 0 atom stereocenters. The third-order valence-electron chi connectivity index (χ3n) is 5.16. The fourth-order valence-electron chi connectivity index (χ4n) is 3.42. The maximum atomic E-state index is 12.5. The normalized spacial score (nSPS) is 15.5. The molecule has 1 fully saturated rings. The lowest BCUT2D eigenvalue weighted by Crippen LogP contribution is -2.46. The van der Waals surface area contributed by atoms with Crippen LogP contribution in [0.25, 0.3) is 0 Å². The Hall–Kier alpha value is -2.38. The summed E-state index contributed by atoms with van der Waals surface area (Å²) in [6.45, 7) is 9.10. The summed E-state index contributed by atoms with van der Waals surface area (Å²) in [7, 11) is -3.38. The highest BCUT2D eigenvalue weighted by Gasteiger charge is 2.17. The Balaban J connectivity index is 1.68. The average Bonchev–Trinajstić information content (AvgIpc) is 2.68. The van der Waals surface area contributed by atoms with E-state index in [2.05, 4.69) is 22.0 Å². The van der Waals surface area contributed by atoms with Crippen LogP contribution in [0.3, 0.4) is 0 Å². The van der Waals surface area contributed by atoms with Gasteiger partial charge in [-0.15, -0.1) is 0 Å². The molecule has 150 valence electrons. The first-order valence-electron chi connectivity index (χ1n) is 9.47. The molecule has 0 aliphatic carbocycles. The zero-order valence-electron chi connectivity index (χ0n) is 16.6. The van der Waals surface area contributed by atoms with Crippen molar-refractivity contribution in [3.63, 3.8) is 0 Å². The molecule has 1 N–H and O–H groups in total. The van der Waals surface area contributed by atoms with Gasteiger partial charge in [-0.1, -0.05) is 13.0 Å². The third kappa shape index (κ3) is 4.72. The summed E-state index contributed by atoms with van der Waals surface area (Å²) in [5.74, 6) is -0.325. The van der Waals surface area contributed by atoms with Gasteiger partial charge in [0, 0.05) is 49.4 Å². The molecule has 1 saturated heterocycles. The van der Waals surface area contributed by atoms with E-state index in [-0.39, 0.29) is 10.8 Å². The summed E-state index contributed by atoms with van der Waals surface area (Å²) >= 11 is 0. The fraction of sp³-hybridized carbons (Fsp3) is 0.381. The summed E-state index contributed by atoms with van der Waals surface area (Å²) < 4.78 is 23.7. The molecule has 1 aliphatic rings. The van der Waals surface area contributed by atoms with Crippen LogP contribution in [-0.2, 0) is 9.84 Å². The Kier molecular flexibility index (Phi) is 6.05. The molecule has 7 heteroatoms. The van der Waals surface area contributed by atoms with Crippen LogP contribution in [0.4, 0.5) is 11.4 Å². The number of aryl methyl sites for hydroxylation is 1. The highest BCUT2D eigenvalue weighted by molar-refractivity contribution is 7.90. The van der Waals surface area contributed by atoms with Crippen molar-refractivity contribution in [2.45, 2.75) is 18.7 Å². The van der Waals surface area contributed by atoms with Crippen molar-refractivity contribution < 1.29 is 13.2 Å². The maximum absolute atomic E-state index is 12.5. The summed E-state index contributed by atoms with van der Waals surface area (Å²) in [5, 5.41) is 2.84. The van der Waals surface area contributed by atoms with E-state index < -0.39 is 9.84 Å². The van der Waals surface area contributed by atoms with Crippen molar-refractivity contribution >= 4 is 27.1 Å². The molecule has 0 saturated carbocycles. The van der Waals surface area contributed by atoms with Crippen molar-refractivity contribution in [1.29, 1.82) is 0 Å². The number of carbonyl (C=O) groups excluding carboxylic acids is 1. The average molecular weight is 402 g/mol. The minimum atomic E-state index is -3.38. The zero-order valence-corrected chi connectivity index (χ0v) is 17.4. The molecule has 0 bridgehead atoms. The monoisotopic (exact) mass is 401 g/mol. The summed E-state index contributed by atoms with van der Waals surface area (Å²) in [6, 6.07) is 12.5. The first-order valence-corrected chi connectivity index (χ1v) is 11.4. The first-order chi connectivity index (χ1) is 13.3. The van der Waals surface area contributed by atoms with Crippen LogP contribution < -0.4 is 10.2 Å². The van der Waals surface area contributed by atoms with Crippen molar-refractivity contribution in [2.24, 2.45) is 0 Å². The lowest BCUT2D eigenvalue weighted by Gasteiger charge is -2.35. The van der Waals surface area contributed by atoms with Gasteiger partial charge in [0.25, 0.3) is 5.91 Å². The van der Waals surface area contributed by atoms with E-state index in [4.69, 9.17) is 0 Å². The van der Waals surface area contributed by atoms with Gasteiger partial charge in [0.15, 0.2) is 9.84 Å². The van der Waals surface area contributed by atoms with E-state index in [0.717, 1.165) is 44.7 Å². The topological polar surface area (TPSA) is 69.7 Å². The van der Waals surface area contributed by atoms with E-state index >= 15 is 0 Å². The van der Waals surface area contributed by atoms with Crippen LogP contribution in [0.2, 0.25) is 0 Å². The van der Waals surface area contributed by atoms with Crippen molar-refractivity contribution in [3.05, 3.63) is 53.6 Å². The van der Waals surface area contributed by atoms with E-state index in [1.165, 1.54) is 6.07 Å². The Labute approximate surface area is 167 Å². The van der Waals surface area contributed by atoms with Gasteiger partial charge < -0.3 is 15.1 Å². The van der Waals surface area contributed by atoms with Crippen LogP contribution >= 0.6 is 0 Å². The van der Waals surface area contributed by atoms with E-state index in [9.17, 15) is 13.2 Å². The number of hydrogen-bond donors (Lipinski definition) is 1. The predicted octanol–water partition coefficient (Wildman–Crippen LogP) is 2.79. The van der Waals surface area contributed by atoms with E-state index in [1.807, 2.05) is 24.3 Å². The Bertz CT molecular complexity index is 947. The maximum Gasteiger partial charge on any atom is 0.255 e. The van der Waals surface area contributed by atoms with Gasteiger partial charge in [-0.3, -0.25) is 4.79 Å². The number of anilines is 2. The molecular formula is C21H27N3O3S. The number of likely N-dealkylation sites (N-methyl/N-ethyl adjacent to an activating group) is 1. The molecule has 3 rings (SSSR count). The number of piperazine rings is 1. The summed E-state index contributed by atoms with van der Waals surface area (Å²) in [6.07, 6.45) is 1.15.